The van der Waals surface area contributed by atoms with Gasteiger partial charge in [0.1, 0.15) is 23.0 Å². The van der Waals surface area contributed by atoms with Crippen molar-refractivity contribution in [3.05, 3.63) is 58.3 Å². The molecule has 1 aromatic heterocycles. The Labute approximate surface area is 252 Å². The Bertz CT molecular complexity index is 1710. The Morgan fingerprint density at radius 1 is 0.886 bits per heavy atom. The van der Waals surface area contributed by atoms with Gasteiger partial charge in [-0.1, -0.05) is 0 Å². The van der Waals surface area contributed by atoms with Crippen molar-refractivity contribution in [1.29, 1.82) is 0 Å². The molecule has 18 heteroatoms. The second-order valence-electron chi connectivity index (χ2n) is 10.4. The van der Waals surface area contributed by atoms with Gasteiger partial charge in [0.2, 0.25) is 0 Å². The number of amides is 1. The van der Waals surface area contributed by atoms with Crippen LogP contribution in [0.15, 0.2) is 46.1 Å². The fourth-order valence-electron chi connectivity index (χ4n) is 5.61. The predicted octanol–water partition coefficient (Wildman–Crippen LogP) is 5.09. The van der Waals surface area contributed by atoms with E-state index in [4.69, 9.17) is 0 Å². The lowest BCUT2D eigenvalue weighted by molar-refractivity contribution is -0.274. The van der Waals surface area contributed by atoms with E-state index >= 15 is 0 Å². The number of sulfonamides is 1. The molecule has 9 nitrogen and oxygen atoms in total. The smallest absolute Gasteiger partial charge is 0.406 e. The van der Waals surface area contributed by atoms with Crippen molar-refractivity contribution < 1.29 is 48.7 Å². The summed E-state index contributed by atoms with van der Waals surface area (Å²) in [6.45, 7) is -0.259. The summed E-state index contributed by atoms with van der Waals surface area (Å²) in [4.78, 5) is 27.3. The number of halogens is 8. The van der Waals surface area contributed by atoms with Crippen LogP contribution in [0.5, 0.6) is 5.75 Å². The Kier molecular flexibility index (Phi) is 9.34. The van der Waals surface area contributed by atoms with Gasteiger partial charge in [0.25, 0.3) is 15.9 Å². The summed E-state index contributed by atoms with van der Waals surface area (Å²) in [5.74, 6) is -2.42. The van der Waals surface area contributed by atoms with Crippen LogP contribution in [-0.4, -0.2) is 71.4 Å². The van der Waals surface area contributed by atoms with Crippen molar-refractivity contribution in [2.75, 3.05) is 26.2 Å². The summed E-state index contributed by atoms with van der Waals surface area (Å²) in [7, 11) is -4.23. The second-order valence-corrected chi connectivity index (χ2v) is 12.2. The van der Waals surface area contributed by atoms with E-state index in [1.54, 1.807) is 0 Å². The van der Waals surface area contributed by atoms with Gasteiger partial charge < -0.3 is 9.64 Å². The number of fused-ring (bicyclic) bond motifs is 2. The number of hydrogen-bond acceptors (Lipinski definition) is 6. The van der Waals surface area contributed by atoms with Gasteiger partial charge in [0.05, 0.1) is 16.6 Å². The van der Waals surface area contributed by atoms with E-state index in [9.17, 15) is 48.7 Å². The minimum atomic E-state index is -5.01. The minimum absolute atomic E-state index is 0. The highest BCUT2D eigenvalue weighted by Gasteiger charge is 2.42. The molecule has 0 radical (unpaired) electrons. The zero-order chi connectivity index (χ0) is 31.3. The molecule has 2 aliphatic heterocycles. The average Bonchev–Trinajstić information content (AvgIpc) is 3.26. The molecule has 5 rings (SSSR count). The maximum Gasteiger partial charge on any atom is 0.573 e. The maximum absolute atomic E-state index is 13.8. The minimum Gasteiger partial charge on any atom is -0.406 e. The van der Waals surface area contributed by atoms with Crippen molar-refractivity contribution in [1.82, 2.24) is 18.3 Å². The molecule has 1 amide bonds. The number of nitrogens with zero attached hydrogens (tertiary/aromatic N) is 4. The highest BCUT2D eigenvalue weighted by Crippen LogP contribution is 2.35. The summed E-state index contributed by atoms with van der Waals surface area (Å²) in [6, 6.07) is 5.35. The molecule has 242 valence electrons. The van der Waals surface area contributed by atoms with E-state index in [-0.39, 0.29) is 36.4 Å². The van der Waals surface area contributed by atoms with Crippen LogP contribution in [0.3, 0.4) is 0 Å². The van der Waals surface area contributed by atoms with Crippen LogP contribution < -0.4 is 10.4 Å². The first-order valence-electron chi connectivity index (χ1n) is 13.2. The molecule has 3 aromatic rings. The van der Waals surface area contributed by atoms with Gasteiger partial charge in [0.15, 0.2) is 0 Å². The van der Waals surface area contributed by atoms with Crippen LogP contribution in [0, 0.1) is 5.82 Å². The molecule has 0 spiro atoms. The van der Waals surface area contributed by atoms with Crippen LogP contribution >= 0.6 is 12.4 Å². The number of hydrogen-bond donors (Lipinski definition) is 0. The lowest BCUT2D eigenvalue weighted by Crippen LogP contribution is -2.39. The van der Waals surface area contributed by atoms with Crippen LogP contribution in [0.2, 0.25) is 0 Å². The van der Waals surface area contributed by atoms with Crippen molar-refractivity contribution in [2.24, 2.45) is 0 Å². The normalized spacial score (nSPS) is 17.6. The number of carbonyl (C=O) groups excluding carboxylic acids is 1. The highest BCUT2D eigenvalue weighted by molar-refractivity contribution is 7.90. The number of carbonyl (C=O) groups is 1. The maximum atomic E-state index is 13.8. The molecule has 0 bridgehead atoms. The molecule has 0 atom stereocenters. The highest BCUT2D eigenvalue weighted by atomic mass is 35.5. The Hall–Kier alpha value is -3.31. The van der Waals surface area contributed by atoms with E-state index in [1.165, 1.54) is 10.6 Å². The third-order valence-corrected chi connectivity index (χ3v) is 9.32. The second kappa shape index (κ2) is 12.2. The van der Waals surface area contributed by atoms with Gasteiger partial charge in [-0.15, -0.1) is 25.6 Å². The van der Waals surface area contributed by atoms with E-state index in [2.05, 4.69) is 4.74 Å². The number of unbranched alkanes of at least 4 members (excludes halogenated alkanes) is 1. The molecule has 2 aromatic carbocycles. The lowest BCUT2D eigenvalue weighted by atomic mass is 10.0. The molecule has 1 fully saturated rings. The van der Waals surface area contributed by atoms with Crippen LogP contribution in [0.1, 0.15) is 42.1 Å². The van der Waals surface area contributed by atoms with E-state index in [0.717, 1.165) is 30.3 Å². The fourth-order valence-corrected chi connectivity index (χ4v) is 7.20. The number of aromatic nitrogens is 2. The number of benzene rings is 2. The first-order valence-corrected chi connectivity index (χ1v) is 14.7. The Morgan fingerprint density at radius 3 is 2.18 bits per heavy atom. The van der Waals surface area contributed by atoms with Crippen molar-refractivity contribution in [3.8, 4) is 5.75 Å². The number of imidazole rings is 1. The molecular formula is C26H26ClF7N4O5S. The van der Waals surface area contributed by atoms with E-state index in [0.29, 0.717) is 47.8 Å². The number of piperidine rings is 1. The molecule has 0 aliphatic carbocycles. The first kappa shape index (κ1) is 33.6. The third-order valence-electron chi connectivity index (χ3n) is 7.48. The SMILES string of the molecule is Cl.O=C1c2cc(OC(F)(F)F)ccc2S(=O)(=O)N1CCCCN1CCC(n2c(=O)n(CC(F)(F)F)c3cc(F)ccc32)CC1. The number of likely N-dealkylation sites (tertiary alicyclic amines) is 1. The summed E-state index contributed by atoms with van der Waals surface area (Å²) in [6.07, 6.45) is -8.10. The molecule has 0 unspecified atom stereocenters. The largest absolute Gasteiger partial charge is 0.573 e. The molecule has 3 heterocycles. The zero-order valence-electron chi connectivity index (χ0n) is 22.7. The Morgan fingerprint density at radius 2 is 1.55 bits per heavy atom. The van der Waals surface area contributed by atoms with E-state index < -0.39 is 68.8 Å². The summed E-state index contributed by atoms with van der Waals surface area (Å²) in [5, 5.41) is 0. The van der Waals surface area contributed by atoms with Gasteiger partial charge in [-0.3, -0.25) is 13.9 Å². The lowest BCUT2D eigenvalue weighted by Gasteiger charge is -2.32. The third kappa shape index (κ3) is 6.83. The number of rotatable bonds is 8. The molecule has 44 heavy (non-hydrogen) atoms. The van der Waals surface area contributed by atoms with Gasteiger partial charge in [-0.05, 0) is 68.6 Å². The average molecular weight is 675 g/mol. The molecule has 1 saturated heterocycles. The van der Waals surface area contributed by atoms with Crippen LogP contribution in [-0.2, 0) is 16.6 Å². The molecular weight excluding hydrogens is 649 g/mol. The number of ether oxygens (including phenoxy) is 1. The monoisotopic (exact) mass is 674 g/mol. The predicted molar refractivity (Wildman–Crippen MR) is 145 cm³/mol. The summed E-state index contributed by atoms with van der Waals surface area (Å²) < 4.78 is 123. The topological polar surface area (TPSA) is 93.8 Å². The van der Waals surface area contributed by atoms with Gasteiger partial charge >= 0.3 is 18.2 Å². The standard InChI is InChI=1S/C26H25F7N4O5S.ClH/c27-16-3-5-20-21(13-16)35(15-25(28,29)30)24(39)37(20)17-7-11-34(12-8-17)9-1-2-10-36-23(38)19-14-18(42-26(31,32)33)4-6-22(19)43(36,40)41;/h3-6,13-14,17H,1-2,7-12,15H2;1H. The molecule has 0 saturated carbocycles. The molecule has 2 aliphatic rings. The van der Waals surface area contributed by atoms with Crippen molar-refractivity contribution >= 4 is 39.4 Å². The van der Waals surface area contributed by atoms with Gasteiger partial charge in [-0.25, -0.2) is 21.9 Å². The van der Waals surface area contributed by atoms with Gasteiger partial charge in [-0.2, -0.15) is 13.2 Å². The number of alkyl halides is 6. The molecule has 0 N–H and O–H groups in total. The summed E-state index contributed by atoms with van der Waals surface area (Å²) in [5.41, 5.74) is -1.20. The van der Waals surface area contributed by atoms with Crippen LogP contribution in [0.25, 0.3) is 11.0 Å². The van der Waals surface area contributed by atoms with Gasteiger partial charge in [0, 0.05) is 25.7 Å². The van der Waals surface area contributed by atoms with E-state index in [1.807, 2.05) is 4.90 Å². The first-order chi connectivity index (χ1) is 20.0. The van der Waals surface area contributed by atoms with Crippen LogP contribution in [0.4, 0.5) is 30.7 Å². The summed E-state index contributed by atoms with van der Waals surface area (Å²) >= 11 is 0. The Balaban J connectivity index is 0.00000442. The fraction of sp³-hybridized carbons (Fsp3) is 0.462. The van der Waals surface area contributed by atoms with Crippen molar-refractivity contribution in [2.45, 2.75) is 55.7 Å². The zero-order valence-corrected chi connectivity index (χ0v) is 24.3. The quantitative estimate of drug-likeness (QED) is 0.244. The van der Waals surface area contributed by atoms with Crippen molar-refractivity contribution in [3.63, 3.8) is 0 Å².